The van der Waals surface area contributed by atoms with E-state index in [0.717, 1.165) is 12.8 Å². The van der Waals surface area contributed by atoms with Crippen LogP contribution in [-0.2, 0) is 12.8 Å². The van der Waals surface area contributed by atoms with Crippen LogP contribution in [0.25, 0.3) is 0 Å². The van der Waals surface area contributed by atoms with Crippen LogP contribution in [-0.4, -0.2) is 12.5 Å². The van der Waals surface area contributed by atoms with Crippen molar-refractivity contribution in [1.29, 1.82) is 0 Å². The second-order valence-electron chi connectivity index (χ2n) is 6.12. The van der Waals surface area contributed by atoms with Crippen LogP contribution in [0.4, 0.5) is 0 Å². The summed E-state index contributed by atoms with van der Waals surface area (Å²) in [6, 6.07) is 13.8. The van der Waals surface area contributed by atoms with Crippen molar-refractivity contribution in [1.82, 2.24) is 0 Å². The van der Waals surface area contributed by atoms with Gasteiger partial charge in [-0.05, 0) is 72.6 Å². The van der Waals surface area contributed by atoms with Crippen molar-refractivity contribution < 1.29 is 0 Å². The van der Waals surface area contributed by atoms with E-state index in [1.807, 2.05) is 23.5 Å². The normalized spacial score (nSPS) is 20.7. The number of fused-ring (bicyclic) bond motifs is 4. The zero-order chi connectivity index (χ0) is 15.7. The van der Waals surface area contributed by atoms with Gasteiger partial charge in [0.15, 0.2) is 0 Å². The molecule has 0 N–H and O–H groups in total. The summed E-state index contributed by atoms with van der Waals surface area (Å²) < 4.78 is 0. The number of hydrogen-bond acceptors (Lipinski definition) is 2. The molecular formula is C20H24S2. The van der Waals surface area contributed by atoms with Crippen LogP contribution >= 0.6 is 23.5 Å². The number of benzene rings is 2. The van der Waals surface area contributed by atoms with E-state index < -0.39 is 0 Å². The number of hydrogen-bond donors (Lipinski definition) is 0. The van der Waals surface area contributed by atoms with Gasteiger partial charge < -0.3 is 0 Å². The van der Waals surface area contributed by atoms with Crippen molar-refractivity contribution in [2.75, 3.05) is 12.5 Å². The minimum absolute atomic E-state index is 0.550. The van der Waals surface area contributed by atoms with Gasteiger partial charge in [0, 0.05) is 10.5 Å². The fraction of sp³-hybridized carbons (Fsp3) is 0.400. The van der Waals surface area contributed by atoms with Gasteiger partial charge in [-0.1, -0.05) is 36.4 Å². The number of thioether (sulfide) groups is 2. The highest BCUT2D eigenvalue weighted by Gasteiger charge is 2.23. The summed E-state index contributed by atoms with van der Waals surface area (Å²) in [4.78, 5) is 0. The third-order valence-corrected chi connectivity index (χ3v) is 7.03. The fourth-order valence-corrected chi connectivity index (χ4v) is 5.30. The number of rotatable bonds is 2. The SMILES string of the molecule is CSC1Cc2cccc(c2C)CC(SC)c2cccc1c2C. The van der Waals surface area contributed by atoms with Crippen LogP contribution in [0.5, 0.6) is 0 Å². The molecule has 116 valence electrons. The second kappa shape index (κ2) is 6.72. The molecule has 2 heteroatoms. The molecule has 2 aromatic carbocycles. The summed E-state index contributed by atoms with van der Waals surface area (Å²) in [7, 11) is 0. The van der Waals surface area contributed by atoms with Gasteiger partial charge in [0.05, 0.1) is 0 Å². The molecule has 0 amide bonds. The van der Waals surface area contributed by atoms with Gasteiger partial charge in [0.2, 0.25) is 0 Å². The third kappa shape index (κ3) is 2.83. The summed E-state index contributed by atoms with van der Waals surface area (Å²) in [5.74, 6) is 0. The monoisotopic (exact) mass is 328 g/mol. The van der Waals surface area contributed by atoms with Gasteiger partial charge in [0.1, 0.15) is 0 Å². The maximum atomic E-state index is 2.33. The van der Waals surface area contributed by atoms with Crippen molar-refractivity contribution in [3.8, 4) is 0 Å². The van der Waals surface area contributed by atoms with Gasteiger partial charge in [-0.25, -0.2) is 0 Å². The summed E-state index contributed by atoms with van der Waals surface area (Å²) in [5, 5.41) is 1.10. The van der Waals surface area contributed by atoms with E-state index in [1.165, 1.54) is 33.4 Å². The molecule has 0 aliphatic heterocycles. The largest absolute Gasteiger partial charge is 0.157 e. The highest BCUT2D eigenvalue weighted by molar-refractivity contribution is 7.99. The molecule has 0 saturated carbocycles. The Kier molecular flexibility index (Phi) is 4.89. The predicted octanol–water partition coefficient (Wildman–Crippen LogP) is 5.91. The Balaban J connectivity index is 2.20. The molecule has 0 fully saturated rings. The van der Waals surface area contributed by atoms with Crippen molar-refractivity contribution in [2.45, 2.75) is 37.2 Å². The van der Waals surface area contributed by atoms with Gasteiger partial charge in [-0.3, -0.25) is 0 Å². The zero-order valence-electron chi connectivity index (χ0n) is 13.8. The van der Waals surface area contributed by atoms with Crippen LogP contribution in [0, 0.1) is 13.8 Å². The molecule has 0 heterocycles. The van der Waals surface area contributed by atoms with Gasteiger partial charge >= 0.3 is 0 Å². The Morgan fingerprint density at radius 1 is 0.727 bits per heavy atom. The minimum Gasteiger partial charge on any atom is -0.157 e. The molecule has 1 aliphatic carbocycles. The Hall–Kier alpha value is -0.860. The molecule has 0 aromatic heterocycles. The van der Waals surface area contributed by atoms with Crippen LogP contribution < -0.4 is 0 Å². The first-order valence-electron chi connectivity index (χ1n) is 7.88. The van der Waals surface area contributed by atoms with Gasteiger partial charge in [0.25, 0.3) is 0 Å². The van der Waals surface area contributed by atoms with Crippen LogP contribution in [0.15, 0.2) is 36.4 Å². The summed E-state index contributed by atoms with van der Waals surface area (Å²) in [6.07, 6.45) is 6.76. The molecule has 2 aromatic rings. The lowest BCUT2D eigenvalue weighted by atomic mass is 9.88. The summed E-state index contributed by atoms with van der Waals surface area (Å²) in [6.45, 7) is 4.63. The average Bonchev–Trinajstić information content (AvgIpc) is 2.53. The Bertz CT molecular complexity index is 625. The van der Waals surface area contributed by atoms with Crippen molar-refractivity contribution in [3.63, 3.8) is 0 Å². The van der Waals surface area contributed by atoms with Gasteiger partial charge in [-0.2, -0.15) is 23.5 Å². The van der Waals surface area contributed by atoms with Crippen LogP contribution in [0.2, 0.25) is 0 Å². The average molecular weight is 329 g/mol. The summed E-state index contributed by atoms with van der Waals surface area (Å²) >= 11 is 3.96. The van der Waals surface area contributed by atoms with Gasteiger partial charge in [-0.15, -0.1) is 0 Å². The summed E-state index contributed by atoms with van der Waals surface area (Å²) in [5.41, 5.74) is 9.09. The molecule has 1 aliphatic rings. The highest BCUT2D eigenvalue weighted by atomic mass is 32.2. The lowest BCUT2D eigenvalue weighted by Crippen LogP contribution is -2.11. The maximum Gasteiger partial charge on any atom is 0.0337 e. The smallest absolute Gasteiger partial charge is 0.0337 e. The topological polar surface area (TPSA) is 0 Å². The van der Waals surface area contributed by atoms with E-state index in [2.05, 4.69) is 62.8 Å². The third-order valence-electron chi connectivity index (χ3n) is 5.05. The van der Waals surface area contributed by atoms with E-state index in [4.69, 9.17) is 0 Å². The Morgan fingerprint density at radius 2 is 1.18 bits per heavy atom. The minimum atomic E-state index is 0.550. The lowest BCUT2D eigenvalue weighted by molar-refractivity contribution is 0.854. The van der Waals surface area contributed by atoms with Crippen LogP contribution in [0.1, 0.15) is 43.9 Å². The Morgan fingerprint density at radius 3 is 1.64 bits per heavy atom. The van der Waals surface area contributed by atoms with E-state index >= 15 is 0 Å². The highest BCUT2D eigenvalue weighted by Crippen LogP contribution is 2.41. The van der Waals surface area contributed by atoms with E-state index in [0.29, 0.717) is 10.5 Å². The van der Waals surface area contributed by atoms with Crippen molar-refractivity contribution >= 4 is 23.5 Å². The van der Waals surface area contributed by atoms with E-state index in [9.17, 15) is 0 Å². The van der Waals surface area contributed by atoms with Crippen molar-refractivity contribution in [3.05, 3.63) is 69.8 Å². The molecule has 0 spiro atoms. The molecule has 0 saturated heterocycles. The van der Waals surface area contributed by atoms with Crippen LogP contribution in [0.3, 0.4) is 0 Å². The standard InChI is InChI=1S/C20H24S2/c1-13-15-7-5-8-16(13)12-20(22-4)18-10-6-9-17(14(18)2)19(11-15)21-3/h5-10,19-20H,11-12H2,1-4H3. The first-order valence-corrected chi connectivity index (χ1v) is 10.5. The van der Waals surface area contributed by atoms with E-state index in [-0.39, 0.29) is 0 Å². The quantitative estimate of drug-likeness (QED) is 0.672. The molecule has 3 rings (SSSR count). The molecule has 2 atom stereocenters. The molecular weight excluding hydrogens is 304 g/mol. The molecule has 2 unspecified atom stereocenters. The fourth-order valence-electron chi connectivity index (χ4n) is 3.59. The van der Waals surface area contributed by atoms with Crippen molar-refractivity contribution in [2.24, 2.45) is 0 Å². The molecule has 22 heavy (non-hydrogen) atoms. The molecule has 0 radical (unpaired) electrons. The Labute approximate surface area is 143 Å². The van der Waals surface area contributed by atoms with E-state index in [1.54, 1.807) is 0 Å². The lowest BCUT2D eigenvalue weighted by Gasteiger charge is -2.27. The molecule has 0 nitrogen and oxygen atoms in total. The first kappa shape index (κ1) is 16.0. The zero-order valence-corrected chi connectivity index (χ0v) is 15.5. The maximum absolute atomic E-state index is 2.33. The molecule has 4 bridgehead atoms. The first-order chi connectivity index (χ1) is 10.7. The second-order valence-corrected chi connectivity index (χ2v) is 8.20. The predicted molar refractivity (Wildman–Crippen MR) is 102 cm³/mol.